The zero-order valence-corrected chi connectivity index (χ0v) is 11.1. The van der Waals surface area contributed by atoms with Crippen LogP contribution in [0.15, 0.2) is 24.4 Å². The standard InChI is InChI=1S/C14H17N3O2/c1-14(2)6-8-16(9-14)12-11(13(18)19)17-7-4-3-5-10(17)15-12/h3-5,7H,6,8-9H2,1-2H3,(H,18,19). The first-order valence-corrected chi connectivity index (χ1v) is 6.43. The van der Waals surface area contributed by atoms with E-state index in [1.54, 1.807) is 10.6 Å². The maximum absolute atomic E-state index is 11.5. The van der Waals surface area contributed by atoms with Crippen molar-refractivity contribution in [1.29, 1.82) is 0 Å². The third-order valence-corrected chi connectivity index (χ3v) is 3.69. The predicted octanol–water partition coefficient (Wildman–Crippen LogP) is 2.27. The summed E-state index contributed by atoms with van der Waals surface area (Å²) in [7, 11) is 0. The summed E-state index contributed by atoms with van der Waals surface area (Å²) >= 11 is 0. The van der Waals surface area contributed by atoms with E-state index in [2.05, 4.69) is 23.7 Å². The summed E-state index contributed by atoms with van der Waals surface area (Å²) in [6.07, 6.45) is 2.80. The molecule has 3 rings (SSSR count). The maximum Gasteiger partial charge on any atom is 0.356 e. The monoisotopic (exact) mass is 259 g/mol. The summed E-state index contributed by atoms with van der Waals surface area (Å²) in [5.74, 6) is -0.345. The van der Waals surface area contributed by atoms with Crippen LogP contribution in [0.5, 0.6) is 0 Å². The van der Waals surface area contributed by atoms with Gasteiger partial charge in [0.15, 0.2) is 11.5 Å². The lowest BCUT2D eigenvalue weighted by Crippen LogP contribution is -2.25. The number of hydrogen-bond donors (Lipinski definition) is 1. The van der Waals surface area contributed by atoms with Crippen molar-refractivity contribution in [1.82, 2.24) is 9.38 Å². The van der Waals surface area contributed by atoms with Crippen LogP contribution in [-0.4, -0.2) is 33.6 Å². The number of nitrogens with zero attached hydrogens (tertiary/aromatic N) is 3. The molecule has 0 saturated carbocycles. The van der Waals surface area contributed by atoms with Gasteiger partial charge in [0.2, 0.25) is 0 Å². The Balaban J connectivity index is 2.13. The first-order valence-electron chi connectivity index (χ1n) is 6.43. The van der Waals surface area contributed by atoms with Gasteiger partial charge in [-0.1, -0.05) is 19.9 Å². The van der Waals surface area contributed by atoms with Crippen molar-refractivity contribution in [3.8, 4) is 0 Å². The third-order valence-electron chi connectivity index (χ3n) is 3.69. The van der Waals surface area contributed by atoms with Crippen LogP contribution in [0.1, 0.15) is 30.8 Å². The highest BCUT2D eigenvalue weighted by atomic mass is 16.4. The van der Waals surface area contributed by atoms with Gasteiger partial charge in [-0.25, -0.2) is 9.78 Å². The molecule has 0 aliphatic carbocycles. The van der Waals surface area contributed by atoms with Crippen LogP contribution in [0, 0.1) is 5.41 Å². The fourth-order valence-electron chi connectivity index (χ4n) is 2.70. The van der Waals surface area contributed by atoms with E-state index < -0.39 is 5.97 Å². The minimum atomic E-state index is -0.932. The number of carboxylic acids is 1. The molecule has 1 aliphatic rings. The van der Waals surface area contributed by atoms with Crippen molar-refractivity contribution >= 4 is 17.4 Å². The second-order valence-corrected chi connectivity index (χ2v) is 5.85. The van der Waals surface area contributed by atoms with Gasteiger partial charge in [-0.05, 0) is 24.0 Å². The van der Waals surface area contributed by atoms with Crippen molar-refractivity contribution in [3.63, 3.8) is 0 Å². The largest absolute Gasteiger partial charge is 0.476 e. The molecule has 19 heavy (non-hydrogen) atoms. The Kier molecular flexibility index (Phi) is 2.52. The molecule has 1 aliphatic heterocycles. The second-order valence-electron chi connectivity index (χ2n) is 5.85. The van der Waals surface area contributed by atoms with Gasteiger partial charge in [0.25, 0.3) is 0 Å². The number of aromatic carboxylic acids is 1. The van der Waals surface area contributed by atoms with E-state index in [9.17, 15) is 9.90 Å². The Morgan fingerprint density at radius 2 is 2.21 bits per heavy atom. The molecule has 2 aromatic rings. The number of carboxylic acid groups (broad SMARTS) is 1. The minimum Gasteiger partial charge on any atom is -0.476 e. The summed E-state index contributed by atoms with van der Waals surface area (Å²) in [6.45, 7) is 6.10. The fourth-order valence-corrected chi connectivity index (χ4v) is 2.70. The molecule has 0 bridgehead atoms. The minimum absolute atomic E-state index is 0.214. The molecule has 1 N–H and O–H groups in total. The van der Waals surface area contributed by atoms with Crippen LogP contribution < -0.4 is 4.90 Å². The van der Waals surface area contributed by atoms with Crippen molar-refractivity contribution < 1.29 is 9.90 Å². The van der Waals surface area contributed by atoms with E-state index in [1.807, 2.05) is 18.2 Å². The van der Waals surface area contributed by atoms with Gasteiger partial charge in [-0.15, -0.1) is 0 Å². The molecule has 5 nitrogen and oxygen atoms in total. The Bertz CT molecular complexity index is 645. The number of anilines is 1. The normalized spacial score (nSPS) is 18.1. The van der Waals surface area contributed by atoms with Gasteiger partial charge in [-0.3, -0.25) is 4.40 Å². The van der Waals surface area contributed by atoms with E-state index in [4.69, 9.17) is 0 Å². The van der Waals surface area contributed by atoms with Crippen LogP contribution in [-0.2, 0) is 0 Å². The first-order chi connectivity index (χ1) is 8.98. The van der Waals surface area contributed by atoms with Gasteiger partial charge in [-0.2, -0.15) is 0 Å². The van der Waals surface area contributed by atoms with Gasteiger partial charge >= 0.3 is 5.97 Å². The number of fused-ring (bicyclic) bond motifs is 1. The molecule has 3 heterocycles. The Labute approximate surface area is 111 Å². The fraction of sp³-hybridized carbons (Fsp3) is 0.429. The molecule has 0 spiro atoms. The summed E-state index contributed by atoms with van der Waals surface area (Å²) in [6, 6.07) is 5.52. The lowest BCUT2D eigenvalue weighted by Gasteiger charge is -2.19. The van der Waals surface area contributed by atoms with Crippen molar-refractivity contribution in [2.24, 2.45) is 5.41 Å². The molecular weight excluding hydrogens is 242 g/mol. The summed E-state index contributed by atoms with van der Waals surface area (Å²) in [4.78, 5) is 18.1. The van der Waals surface area contributed by atoms with Crippen molar-refractivity contribution in [2.45, 2.75) is 20.3 Å². The lowest BCUT2D eigenvalue weighted by atomic mass is 9.93. The average Bonchev–Trinajstić information content (AvgIpc) is 2.88. The highest BCUT2D eigenvalue weighted by Gasteiger charge is 2.33. The summed E-state index contributed by atoms with van der Waals surface area (Å²) in [5, 5.41) is 9.46. The highest BCUT2D eigenvalue weighted by Crippen LogP contribution is 2.33. The van der Waals surface area contributed by atoms with Crippen LogP contribution >= 0.6 is 0 Å². The van der Waals surface area contributed by atoms with Gasteiger partial charge < -0.3 is 10.0 Å². The molecule has 0 amide bonds. The topological polar surface area (TPSA) is 57.8 Å². The Hall–Kier alpha value is -2.04. The molecule has 0 aromatic carbocycles. The van der Waals surface area contributed by atoms with Crippen LogP contribution in [0.2, 0.25) is 0 Å². The van der Waals surface area contributed by atoms with Crippen LogP contribution in [0.4, 0.5) is 5.82 Å². The molecule has 1 saturated heterocycles. The summed E-state index contributed by atoms with van der Waals surface area (Å²) in [5.41, 5.74) is 1.15. The third kappa shape index (κ3) is 1.95. The zero-order valence-electron chi connectivity index (χ0n) is 11.1. The molecular formula is C14H17N3O2. The molecule has 2 aromatic heterocycles. The average molecular weight is 259 g/mol. The quantitative estimate of drug-likeness (QED) is 0.898. The molecule has 0 atom stereocenters. The predicted molar refractivity (Wildman–Crippen MR) is 72.8 cm³/mol. The van der Waals surface area contributed by atoms with E-state index in [-0.39, 0.29) is 11.1 Å². The number of pyridine rings is 1. The smallest absolute Gasteiger partial charge is 0.356 e. The van der Waals surface area contributed by atoms with E-state index in [0.717, 1.165) is 19.5 Å². The molecule has 0 unspecified atom stereocenters. The summed E-state index contributed by atoms with van der Waals surface area (Å²) < 4.78 is 1.64. The van der Waals surface area contributed by atoms with Gasteiger partial charge in [0, 0.05) is 19.3 Å². The van der Waals surface area contributed by atoms with E-state index >= 15 is 0 Å². The molecule has 0 radical (unpaired) electrons. The lowest BCUT2D eigenvalue weighted by molar-refractivity contribution is 0.0690. The zero-order chi connectivity index (χ0) is 13.6. The second kappa shape index (κ2) is 3.98. The Morgan fingerprint density at radius 3 is 2.84 bits per heavy atom. The number of rotatable bonds is 2. The highest BCUT2D eigenvalue weighted by molar-refractivity contribution is 5.93. The first kappa shape index (κ1) is 12.0. The van der Waals surface area contributed by atoms with Crippen molar-refractivity contribution in [2.75, 3.05) is 18.0 Å². The van der Waals surface area contributed by atoms with Gasteiger partial charge in [0.1, 0.15) is 5.65 Å². The number of aromatic nitrogens is 2. The SMILES string of the molecule is CC1(C)CCN(c2nc3ccccn3c2C(=O)O)C1. The van der Waals surface area contributed by atoms with Crippen LogP contribution in [0.25, 0.3) is 5.65 Å². The van der Waals surface area contributed by atoms with Gasteiger partial charge in [0.05, 0.1) is 0 Å². The van der Waals surface area contributed by atoms with E-state index in [1.165, 1.54) is 0 Å². The van der Waals surface area contributed by atoms with Crippen LogP contribution in [0.3, 0.4) is 0 Å². The molecule has 5 heteroatoms. The molecule has 1 fully saturated rings. The molecule has 100 valence electrons. The number of imidazole rings is 1. The number of hydrogen-bond acceptors (Lipinski definition) is 3. The van der Waals surface area contributed by atoms with Crippen molar-refractivity contribution in [3.05, 3.63) is 30.1 Å². The number of carbonyl (C=O) groups is 1. The Morgan fingerprint density at radius 1 is 1.42 bits per heavy atom. The maximum atomic E-state index is 11.5. The van der Waals surface area contributed by atoms with E-state index in [0.29, 0.717) is 11.5 Å².